The summed E-state index contributed by atoms with van der Waals surface area (Å²) < 4.78 is 38.9. The van der Waals surface area contributed by atoms with Crippen molar-refractivity contribution in [2.75, 3.05) is 13.7 Å². The standard InChI is InChI=1S/C25H28N2O5S/c1-4-32-23-14-13-20(16-24(23)31-3)18(2)27-25(28)21-11-8-12-22(15-21)33(29,30)26-17-19-9-6-5-7-10-19/h5-16,18,26H,4,17H2,1-3H3,(H,27,28). The van der Waals surface area contributed by atoms with Gasteiger partial charge in [-0.05, 0) is 55.3 Å². The van der Waals surface area contributed by atoms with Gasteiger partial charge in [-0.15, -0.1) is 0 Å². The molecule has 2 N–H and O–H groups in total. The van der Waals surface area contributed by atoms with E-state index >= 15 is 0 Å². The monoisotopic (exact) mass is 468 g/mol. The summed E-state index contributed by atoms with van der Waals surface area (Å²) >= 11 is 0. The molecule has 0 aromatic heterocycles. The molecule has 1 amide bonds. The predicted octanol–water partition coefficient (Wildman–Crippen LogP) is 4.06. The second-order valence-corrected chi connectivity index (χ2v) is 9.14. The summed E-state index contributed by atoms with van der Waals surface area (Å²) in [5.74, 6) is 0.826. The molecule has 8 heteroatoms. The molecule has 0 spiro atoms. The zero-order valence-corrected chi connectivity index (χ0v) is 19.7. The van der Waals surface area contributed by atoms with E-state index in [2.05, 4.69) is 10.0 Å². The molecule has 0 radical (unpaired) electrons. The summed E-state index contributed by atoms with van der Waals surface area (Å²) in [6.07, 6.45) is 0. The first-order valence-corrected chi connectivity index (χ1v) is 12.1. The van der Waals surface area contributed by atoms with Gasteiger partial charge in [-0.3, -0.25) is 4.79 Å². The minimum absolute atomic E-state index is 0.0291. The Hall–Kier alpha value is -3.36. The lowest BCUT2D eigenvalue weighted by atomic mass is 10.1. The number of ether oxygens (including phenoxy) is 2. The van der Waals surface area contributed by atoms with Gasteiger partial charge in [0.05, 0.1) is 24.7 Å². The fourth-order valence-electron chi connectivity index (χ4n) is 3.25. The van der Waals surface area contributed by atoms with Crippen molar-refractivity contribution in [3.63, 3.8) is 0 Å². The number of sulfonamides is 1. The summed E-state index contributed by atoms with van der Waals surface area (Å²) in [6, 6.07) is 20.3. The van der Waals surface area contributed by atoms with Crippen LogP contribution >= 0.6 is 0 Å². The highest BCUT2D eigenvalue weighted by molar-refractivity contribution is 7.89. The molecule has 3 aromatic rings. The Morgan fingerprint density at radius 3 is 2.42 bits per heavy atom. The Balaban J connectivity index is 1.71. The van der Waals surface area contributed by atoms with Crippen LogP contribution in [0.25, 0.3) is 0 Å². The zero-order chi connectivity index (χ0) is 23.8. The summed E-state index contributed by atoms with van der Waals surface area (Å²) in [6.45, 7) is 4.41. The highest BCUT2D eigenvalue weighted by atomic mass is 32.2. The second kappa shape index (κ2) is 11.0. The van der Waals surface area contributed by atoms with E-state index in [-0.39, 0.29) is 29.0 Å². The third-order valence-corrected chi connectivity index (χ3v) is 6.45. The van der Waals surface area contributed by atoms with Gasteiger partial charge in [0.25, 0.3) is 5.91 Å². The van der Waals surface area contributed by atoms with Crippen LogP contribution < -0.4 is 19.5 Å². The first kappa shape index (κ1) is 24.3. The highest BCUT2D eigenvalue weighted by Crippen LogP contribution is 2.30. The third-order valence-electron chi connectivity index (χ3n) is 5.05. The first-order chi connectivity index (χ1) is 15.8. The Morgan fingerprint density at radius 2 is 1.73 bits per heavy atom. The Morgan fingerprint density at radius 1 is 0.970 bits per heavy atom. The van der Waals surface area contributed by atoms with Crippen LogP contribution in [-0.4, -0.2) is 28.0 Å². The summed E-state index contributed by atoms with van der Waals surface area (Å²) in [7, 11) is -2.22. The van der Waals surface area contributed by atoms with Crippen molar-refractivity contribution in [1.82, 2.24) is 10.0 Å². The number of carbonyl (C=O) groups excluding carboxylic acids is 1. The van der Waals surface area contributed by atoms with Crippen molar-refractivity contribution in [3.05, 3.63) is 89.5 Å². The second-order valence-electron chi connectivity index (χ2n) is 7.38. The molecule has 0 heterocycles. The van der Waals surface area contributed by atoms with Gasteiger partial charge in [0.1, 0.15) is 0 Å². The lowest BCUT2D eigenvalue weighted by Crippen LogP contribution is -2.27. The number of hydrogen-bond donors (Lipinski definition) is 2. The van der Waals surface area contributed by atoms with Gasteiger partial charge in [0.2, 0.25) is 10.0 Å². The van der Waals surface area contributed by atoms with Gasteiger partial charge in [-0.1, -0.05) is 42.5 Å². The van der Waals surface area contributed by atoms with Crippen LogP contribution in [0.15, 0.2) is 77.7 Å². The van der Waals surface area contributed by atoms with Crippen molar-refractivity contribution in [3.8, 4) is 11.5 Å². The van der Waals surface area contributed by atoms with Crippen molar-refractivity contribution in [2.45, 2.75) is 31.3 Å². The van der Waals surface area contributed by atoms with Crippen LogP contribution in [0.2, 0.25) is 0 Å². The maximum absolute atomic E-state index is 12.8. The smallest absolute Gasteiger partial charge is 0.251 e. The van der Waals surface area contributed by atoms with E-state index in [0.717, 1.165) is 11.1 Å². The molecule has 0 bridgehead atoms. The average Bonchev–Trinajstić information content (AvgIpc) is 2.84. The largest absolute Gasteiger partial charge is 0.493 e. The van der Waals surface area contributed by atoms with Crippen molar-refractivity contribution in [1.29, 1.82) is 0 Å². The number of nitrogens with one attached hydrogen (secondary N) is 2. The SMILES string of the molecule is CCOc1ccc(C(C)NC(=O)c2cccc(S(=O)(=O)NCc3ccccc3)c2)cc1OC. The Bertz CT molecular complexity index is 1200. The zero-order valence-electron chi connectivity index (χ0n) is 18.9. The molecule has 3 aromatic carbocycles. The topological polar surface area (TPSA) is 93.7 Å². The maximum Gasteiger partial charge on any atom is 0.251 e. The molecule has 174 valence electrons. The lowest BCUT2D eigenvalue weighted by molar-refractivity contribution is 0.0939. The fourth-order valence-corrected chi connectivity index (χ4v) is 4.32. The van der Waals surface area contributed by atoms with Gasteiger partial charge in [-0.2, -0.15) is 0 Å². The summed E-state index contributed by atoms with van der Waals surface area (Å²) in [4.78, 5) is 12.9. The maximum atomic E-state index is 12.8. The first-order valence-electron chi connectivity index (χ1n) is 10.6. The van der Waals surface area contributed by atoms with E-state index < -0.39 is 10.0 Å². The predicted molar refractivity (Wildman–Crippen MR) is 127 cm³/mol. The van der Waals surface area contributed by atoms with Gasteiger partial charge < -0.3 is 14.8 Å². The van der Waals surface area contributed by atoms with Crippen LogP contribution in [0.5, 0.6) is 11.5 Å². The molecule has 0 aliphatic heterocycles. The molecule has 0 aliphatic rings. The average molecular weight is 469 g/mol. The molecule has 7 nitrogen and oxygen atoms in total. The van der Waals surface area contributed by atoms with E-state index in [1.54, 1.807) is 25.3 Å². The molecule has 0 fully saturated rings. The summed E-state index contributed by atoms with van der Waals surface area (Å²) in [5, 5.41) is 2.90. The van der Waals surface area contributed by atoms with Gasteiger partial charge in [0, 0.05) is 12.1 Å². The molecular weight excluding hydrogens is 440 g/mol. The number of benzene rings is 3. The van der Waals surface area contributed by atoms with Crippen LogP contribution in [0, 0.1) is 0 Å². The van der Waals surface area contributed by atoms with E-state index in [1.165, 1.54) is 12.1 Å². The highest BCUT2D eigenvalue weighted by Gasteiger charge is 2.18. The molecule has 1 atom stereocenters. The quantitative estimate of drug-likeness (QED) is 0.468. The van der Waals surface area contributed by atoms with Crippen LogP contribution in [-0.2, 0) is 16.6 Å². The van der Waals surface area contributed by atoms with Crippen molar-refractivity contribution in [2.24, 2.45) is 0 Å². The Labute approximate surface area is 194 Å². The molecule has 0 saturated heterocycles. The third kappa shape index (κ3) is 6.34. The van der Waals surface area contributed by atoms with E-state index in [9.17, 15) is 13.2 Å². The molecule has 3 rings (SSSR count). The van der Waals surface area contributed by atoms with Crippen molar-refractivity contribution < 1.29 is 22.7 Å². The minimum atomic E-state index is -3.77. The van der Waals surface area contributed by atoms with E-state index in [1.807, 2.05) is 56.3 Å². The van der Waals surface area contributed by atoms with Crippen LogP contribution in [0.3, 0.4) is 0 Å². The minimum Gasteiger partial charge on any atom is -0.493 e. The van der Waals surface area contributed by atoms with Gasteiger partial charge in [-0.25, -0.2) is 13.1 Å². The molecule has 33 heavy (non-hydrogen) atoms. The summed E-state index contributed by atoms with van der Waals surface area (Å²) in [5.41, 5.74) is 1.92. The lowest BCUT2D eigenvalue weighted by Gasteiger charge is -2.17. The van der Waals surface area contributed by atoms with Gasteiger partial charge >= 0.3 is 0 Å². The van der Waals surface area contributed by atoms with Gasteiger partial charge in [0.15, 0.2) is 11.5 Å². The number of methoxy groups -OCH3 is 1. The Kier molecular flexibility index (Phi) is 8.08. The number of amides is 1. The molecule has 0 aliphatic carbocycles. The molecule has 0 saturated carbocycles. The van der Waals surface area contributed by atoms with Crippen LogP contribution in [0.1, 0.15) is 41.4 Å². The number of carbonyl (C=O) groups is 1. The number of rotatable bonds is 10. The molecular formula is C25H28N2O5S. The van der Waals surface area contributed by atoms with Crippen LogP contribution in [0.4, 0.5) is 0 Å². The van der Waals surface area contributed by atoms with E-state index in [0.29, 0.717) is 18.1 Å². The normalized spacial score (nSPS) is 12.1. The van der Waals surface area contributed by atoms with Crippen molar-refractivity contribution >= 4 is 15.9 Å². The van der Waals surface area contributed by atoms with E-state index in [4.69, 9.17) is 9.47 Å². The number of hydrogen-bond acceptors (Lipinski definition) is 5. The molecule has 1 unspecified atom stereocenters. The fraction of sp³-hybridized carbons (Fsp3) is 0.240.